The van der Waals surface area contributed by atoms with Gasteiger partial charge in [0.1, 0.15) is 5.75 Å². The Labute approximate surface area is 195 Å². The van der Waals surface area contributed by atoms with Gasteiger partial charge < -0.3 is 15.0 Å². The van der Waals surface area contributed by atoms with Crippen molar-refractivity contribution < 1.29 is 22.7 Å². The summed E-state index contributed by atoms with van der Waals surface area (Å²) in [6.07, 6.45) is 4.54. The molecule has 2 aromatic carbocycles. The fourth-order valence-electron chi connectivity index (χ4n) is 3.82. The molecule has 0 aliphatic carbocycles. The first kappa shape index (κ1) is 24.6. The topological polar surface area (TPSA) is 105 Å². The normalized spacial score (nSPS) is 14.3. The zero-order chi connectivity index (χ0) is 23.8. The van der Waals surface area contributed by atoms with E-state index in [4.69, 9.17) is 4.74 Å². The van der Waals surface area contributed by atoms with E-state index >= 15 is 0 Å². The minimum atomic E-state index is -3.96. The van der Waals surface area contributed by atoms with E-state index in [1.807, 2.05) is 4.90 Å². The Bertz CT molecular complexity index is 1090. The molecule has 0 atom stereocenters. The van der Waals surface area contributed by atoms with Crippen molar-refractivity contribution in [1.29, 1.82) is 0 Å². The van der Waals surface area contributed by atoms with Crippen molar-refractivity contribution in [2.75, 3.05) is 31.5 Å². The lowest BCUT2D eigenvalue weighted by Gasteiger charge is -2.20. The lowest BCUT2D eigenvalue weighted by Crippen LogP contribution is -2.35. The van der Waals surface area contributed by atoms with Crippen molar-refractivity contribution in [3.8, 4) is 5.75 Å². The minimum Gasteiger partial charge on any atom is -0.495 e. The van der Waals surface area contributed by atoms with Crippen molar-refractivity contribution in [3.05, 3.63) is 53.6 Å². The lowest BCUT2D eigenvalue weighted by molar-refractivity contribution is -0.131. The molecule has 0 aromatic heterocycles. The Balaban J connectivity index is 1.66. The number of hydrogen-bond acceptors (Lipinski definition) is 5. The van der Waals surface area contributed by atoms with E-state index in [0.29, 0.717) is 17.0 Å². The summed E-state index contributed by atoms with van der Waals surface area (Å²) >= 11 is 0. The summed E-state index contributed by atoms with van der Waals surface area (Å²) in [5.74, 6) is -0.000471. The SMILES string of the molecule is COc1ccccc1NS(=O)(=O)c1cc(C(=O)NCCC(=O)N2CCCCCC2)ccc1C. The second-order valence-corrected chi connectivity index (χ2v) is 9.74. The smallest absolute Gasteiger partial charge is 0.262 e. The van der Waals surface area contributed by atoms with Crippen LogP contribution in [0.2, 0.25) is 0 Å². The number of carbonyl (C=O) groups excluding carboxylic acids is 2. The zero-order valence-electron chi connectivity index (χ0n) is 19.1. The Kier molecular flexibility index (Phi) is 8.32. The van der Waals surface area contributed by atoms with Gasteiger partial charge in [-0.1, -0.05) is 31.0 Å². The first-order valence-electron chi connectivity index (χ1n) is 11.1. The van der Waals surface area contributed by atoms with Gasteiger partial charge in [0, 0.05) is 31.6 Å². The van der Waals surface area contributed by atoms with Gasteiger partial charge in [0.25, 0.3) is 15.9 Å². The number of aryl methyl sites for hydroxylation is 1. The van der Waals surface area contributed by atoms with Crippen LogP contribution in [0.3, 0.4) is 0 Å². The first-order chi connectivity index (χ1) is 15.8. The molecule has 2 N–H and O–H groups in total. The van der Waals surface area contributed by atoms with Crippen molar-refractivity contribution >= 4 is 27.5 Å². The summed E-state index contributed by atoms with van der Waals surface area (Å²) in [5, 5.41) is 2.73. The highest BCUT2D eigenvalue weighted by Gasteiger charge is 2.21. The van der Waals surface area contributed by atoms with Gasteiger partial charge in [0.05, 0.1) is 17.7 Å². The Morgan fingerprint density at radius 2 is 1.73 bits per heavy atom. The molecule has 0 bridgehead atoms. The molecule has 3 rings (SSSR count). The fourth-order valence-corrected chi connectivity index (χ4v) is 5.16. The van der Waals surface area contributed by atoms with E-state index in [1.54, 1.807) is 43.3 Å². The fraction of sp³-hybridized carbons (Fsp3) is 0.417. The van der Waals surface area contributed by atoms with Crippen LogP contribution in [-0.2, 0) is 14.8 Å². The number of methoxy groups -OCH3 is 1. The van der Waals surface area contributed by atoms with Crippen LogP contribution in [0.1, 0.15) is 48.0 Å². The summed E-state index contributed by atoms with van der Waals surface area (Å²) in [5.41, 5.74) is 1.02. The molecule has 1 heterocycles. The maximum atomic E-state index is 13.0. The third-order valence-corrected chi connectivity index (χ3v) is 7.18. The van der Waals surface area contributed by atoms with Gasteiger partial charge in [-0.3, -0.25) is 14.3 Å². The van der Waals surface area contributed by atoms with Gasteiger partial charge >= 0.3 is 0 Å². The molecule has 8 nitrogen and oxygen atoms in total. The predicted molar refractivity (Wildman–Crippen MR) is 127 cm³/mol. The molecule has 0 saturated carbocycles. The van der Waals surface area contributed by atoms with Gasteiger partial charge in [-0.15, -0.1) is 0 Å². The summed E-state index contributed by atoms with van der Waals surface area (Å²) in [6.45, 7) is 3.40. The number of ether oxygens (including phenoxy) is 1. The van der Waals surface area contributed by atoms with Crippen molar-refractivity contribution in [2.24, 2.45) is 0 Å². The van der Waals surface area contributed by atoms with Crippen LogP contribution in [0.4, 0.5) is 5.69 Å². The molecular weight excluding hydrogens is 442 g/mol. The first-order valence-corrected chi connectivity index (χ1v) is 12.6. The predicted octanol–water partition coefficient (Wildman–Crippen LogP) is 3.33. The number of rotatable bonds is 8. The summed E-state index contributed by atoms with van der Waals surface area (Å²) < 4.78 is 33.8. The highest BCUT2D eigenvalue weighted by atomic mass is 32.2. The van der Waals surface area contributed by atoms with Gasteiger partial charge in [-0.25, -0.2) is 8.42 Å². The number of sulfonamides is 1. The van der Waals surface area contributed by atoms with E-state index in [1.165, 1.54) is 13.2 Å². The van der Waals surface area contributed by atoms with Crippen LogP contribution in [0.25, 0.3) is 0 Å². The molecule has 1 fully saturated rings. The number of benzene rings is 2. The zero-order valence-corrected chi connectivity index (χ0v) is 19.9. The van der Waals surface area contributed by atoms with Crippen molar-refractivity contribution in [1.82, 2.24) is 10.2 Å². The maximum absolute atomic E-state index is 13.0. The van der Waals surface area contributed by atoms with Crippen LogP contribution in [0, 0.1) is 6.92 Å². The quantitative estimate of drug-likeness (QED) is 0.612. The molecule has 33 heavy (non-hydrogen) atoms. The highest BCUT2D eigenvalue weighted by Crippen LogP contribution is 2.27. The molecule has 2 amide bonds. The van der Waals surface area contributed by atoms with Crippen LogP contribution in [-0.4, -0.2) is 51.9 Å². The molecule has 2 aromatic rings. The van der Waals surface area contributed by atoms with Crippen molar-refractivity contribution in [3.63, 3.8) is 0 Å². The minimum absolute atomic E-state index is 0.00157. The van der Waals surface area contributed by atoms with E-state index in [2.05, 4.69) is 10.0 Å². The largest absolute Gasteiger partial charge is 0.495 e. The monoisotopic (exact) mass is 473 g/mol. The molecule has 1 aliphatic heterocycles. The molecule has 1 saturated heterocycles. The second-order valence-electron chi connectivity index (χ2n) is 8.09. The number of anilines is 1. The van der Waals surface area contributed by atoms with E-state index < -0.39 is 15.9 Å². The molecule has 0 spiro atoms. The summed E-state index contributed by atoms with van der Waals surface area (Å²) in [7, 11) is -2.50. The molecule has 0 unspecified atom stereocenters. The Hall–Kier alpha value is -3.07. The summed E-state index contributed by atoms with van der Waals surface area (Å²) in [4.78, 5) is 26.9. The van der Waals surface area contributed by atoms with Crippen LogP contribution >= 0.6 is 0 Å². The number of para-hydroxylation sites is 2. The van der Waals surface area contributed by atoms with Gasteiger partial charge in [-0.05, 0) is 49.6 Å². The molecular formula is C24H31N3O5S. The Morgan fingerprint density at radius 1 is 1.03 bits per heavy atom. The second kappa shape index (κ2) is 11.2. The number of amides is 2. The number of hydrogen-bond donors (Lipinski definition) is 2. The van der Waals surface area contributed by atoms with Crippen LogP contribution in [0.5, 0.6) is 5.75 Å². The average Bonchev–Trinajstić information content (AvgIpc) is 3.09. The van der Waals surface area contributed by atoms with E-state index in [9.17, 15) is 18.0 Å². The molecule has 9 heteroatoms. The molecule has 178 valence electrons. The van der Waals surface area contributed by atoms with E-state index in [0.717, 1.165) is 38.8 Å². The Morgan fingerprint density at radius 3 is 2.42 bits per heavy atom. The van der Waals surface area contributed by atoms with E-state index in [-0.39, 0.29) is 29.3 Å². The van der Waals surface area contributed by atoms with Crippen LogP contribution in [0.15, 0.2) is 47.4 Å². The number of carbonyl (C=O) groups is 2. The van der Waals surface area contributed by atoms with Gasteiger partial charge in [0.15, 0.2) is 0 Å². The number of nitrogens with zero attached hydrogens (tertiary/aromatic N) is 1. The maximum Gasteiger partial charge on any atom is 0.262 e. The van der Waals surface area contributed by atoms with Gasteiger partial charge in [0.2, 0.25) is 5.91 Å². The third-order valence-electron chi connectivity index (χ3n) is 5.67. The standard InChI is InChI=1S/C24H31N3O5S/c1-18-11-12-19(24(29)25-14-13-23(28)27-15-7-3-4-8-16-27)17-22(18)33(30,31)26-20-9-5-6-10-21(20)32-2/h5-6,9-12,17,26H,3-4,7-8,13-16H2,1-2H3,(H,25,29). The number of likely N-dealkylation sites (tertiary alicyclic amines) is 1. The highest BCUT2D eigenvalue weighted by molar-refractivity contribution is 7.92. The van der Waals surface area contributed by atoms with Crippen LogP contribution < -0.4 is 14.8 Å². The molecule has 1 aliphatic rings. The van der Waals surface area contributed by atoms with Crippen molar-refractivity contribution in [2.45, 2.75) is 43.9 Å². The number of nitrogens with one attached hydrogen (secondary N) is 2. The van der Waals surface area contributed by atoms with Gasteiger partial charge in [-0.2, -0.15) is 0 Å². The summed E-state index contributed by atoms with van der Waals surface area (Å²) in [6, 6.07) is 11.2. The average molecular weight is 474 g/mol. The molecule has 0 radical (unpaired) electrons. The lowest BCUT2D eigenvalue weighted by atomic mass is 10.1. The third kappa shape index (κ3) is 6.47.